The summed E-state index contributed by atoms with van der Waals surface area (Å²) < 4.78 is 0. The molecule has 7 heteroatoms. The number of thiazole rings is 1. The molecule has 1 aliphatic rings. The van der Waals surface area contributed by atoms with Crippen LogP contribution in [0.1, 0.15) is 12.8 Å². The van der Waals surface area contributed by atoms with Gasteiger partial charge in [0.2, 0.25) is 5.91 Å². The lowest BCUT2D eigenvalue weighted by Gasteiger charge is -2.23. The number of aromatic nitrogens is 1. The number of benzene rings is 2. The minimum absolute atomic E-state index is 0.00377. The maximum atomic E-state index is 12.4. The second-order valence-electron chi connectivity index (χ2n) is 7.42. The van der Waals surface area contributed by atoms with Crippen molar-refractivity contribution in [2.45, 2.75) is 18.9 Å². The highest BCUT2D eigenvalue weighted by atomic mass is 32.1. The molecule has 3 aromatic rings. The van der Waals surface area contributed by atoms with Crippen molar-refractivity contribution >= 4 is 28.1 Å². The number of carbonyl (C=O) groups is 1. The molecule has 4 rings (SSSR count). The summed E-state index contributed by atoms with van der Waals surface area (Å²) in [6.07, 6.45) is 1.68. The Morgan fingerprint density at radius 3 is 2.68 bits per heavy atom. The lowest BCUT2D eigenvalue weighted by Crippen LogP contribution is -2.42. The van der Waals surface area contributed by atoms with Crippen molar-refractivity contribution in [3.8, 4) is 17.3 Å². The van der Waals surface area contributed by atoms with Crippen LogP contribution in [0, 0.1) is 11.3 Å². The summed E-state index contributed by atoms with van der Waals surface area (Å²) in [5.41, 5.74) is 3.12. The zero-order valence-electron chi connectivity index (χ0n) is 17.3. The molecule has 0 radical (unpaired) electrons. The largest absolute Gasteiger partial charge is 0.326 e. The van der Waals surface area contributed by atoms with Gasteiger partial charge < -0.3 is 15.1 Å². The minimum Gasteiger partial charge on any atom is -0.326 e. The summed E-state index contributed by atoms with van der Waals surface area (Å²) in [5.74, 6) is -0.00377. The standard InChI is InChI=1S/C24H25N5OS/c25-16-21-12-7-14-28(21)23(30)17-26-13-15-29(20-10-5-2-6-11-20)24-27-22(18-31-24)19-8-3-1-4-9-19/h1-6,8-11,18,21,26H,7,12-15,17H2/t21-/m0/s1. The number of nitriles is 1. The molecular formula is C24H25N5OS. The van der Waals surface area contributed by atoms with Crippen molar-refractivity contribution in [2.75, 3.05) is 31.1 Å². The van der Waals surface area contributed by atoms with Crippen molar-refractivity contribution in [2.24, 2.45) is 0 Å². The van der Waals surface area contributed by atoms with E-state index in [9.17, 15) is 10.1 Å². The number of amides is 1. The molecular weight excluding hydrogens is 406 g/mol. The number of anilines is 2. The van der Waals surface area contributed by atoms with Crippen LogP contribution in [0.15, 0.2) is 66.0 Å². The number of rotatable bonds is 8. The first-order valence-electron chi connectivity index (χ1n) is 10.5. The zero-order valence-corrected chi connectivity index (χ0v) is 18.1. The molecule has 31 heavy (non-hydrogen) atoms. The molecule has 158 valence electrons. The van der Waals surface area contributed by atoms with Gasteiger partial charge >= 0.3 is 0 Å². The van der Waals surface area contributed by atoms with Crippen LogP contribution in [-0.4, -0.2) is 48.0 Å². The number of likely N-dealkylation sites (tertiary alicyclic amines) is 1. The molecule has 1 fully saturated rings. The Labute approximate surface area is 186 Å². The van der Waals surface area contributed by atoms with E-state index >= 15 is 0 Å². The Hall–Kier alpha value is -3.21. The molecule has 2 heterocycles. The molecule has 6 nitrogen and oxygen atoms in total. The molecule has 1 atom stereocenters. The number of nitrogens with zero attached hydrogens (tertiary/aromatic N) is 4. The molecule has 0 spiro atoms. The first-order chi connectivity index (χ1) is 15.3. The van der Waals surface area contributed by atoms with Crippen LogP contribution in [0.4, 0.5) is 10.8 Å². The maximum Gasteiger partial charge on any atom is 0.237 e. The molecule has 0 aliphatic carbocycles. The summed E-state index contributed by atoms with van der Waals surface area (Å²) in [6.45, 7) is 2.23. The van der Waals surface area contributed by atoms with Crippen LogP contribution in [-0.2, 0) is 4.79 Å². The van der Waals surface area contributed by atoms with Crippen LogP contribution in [0.2, 0.25) is 0 Å². The van der Waals surface area contributed by atoms with E-state index in [-0.39, 0.29) is 18.5 Å². The second-order valence-corrected chi connectivity index (χ2v) is 8.26. The van der Waals surface area contributed by atoms with Crippen LogP contribution in [0.5, 0.6) is 0 Å². The summed E-state index contributed by atoms with van der Waals surface area (Å²) >= 11 is 1.61. The SMILES string of the molecule is N#C[C@@H]1CCCN1C(=O)CNCCN(c1ccccc1)c1nc(-c2ccccc2)cs1. The fourth-order valence-electron chi connectivity index (χ4n) is 3.76. The van der Waals surface area contributed by atoms with Gasteiger partial charge in [-0.15, -0.1) is 11.3 Å². The fraction of sp³-hybridized carbons (Fsp3) is 0.292. The van der Waals surface area contributed by atoms with Crippen LogP contribution in [0.25, 0.3) is 11.3 Å². The van der Waals surface area contributed by atoms with Crippen molar-refractivity contribution in [3.63, 3.8) is 0 Å². The predicted molar refractivity (Wildman–Crippen MR) is 124 cm³/mol. The van der Waals surface area contributed by atoms with Crippen LogP contribution >= 0.6 is 11.3 Å². The highest BCUT2D eigenvalue weighted by Gasteiger charge is 2.27. The van der Waals surface area contributed by atoms with Gasteiger partial charge in [-0.3, -0.25) is 4.79 Å². The Kier molecular flexibility index (Phi) is 6.92. The predicted octanol–water partition coefficient (Wildman–Crippen LogP) is 4.05. The van der Waals surface area contributed by atoms with Gasteiger partial charge in [-0.1, -0.05) is 48.5 Å². The third-order valence-electron chi connectivity index (χ3n) is 5.37. The Bertz CT molecular complexity index is 1030. The molecule has 0 saturated carbocycles. The zero-order chi connectivity index (χ0) is 21.5. The van der Waals surface area contributed by atoms with E-state index in [0.717, 1.165) is 34.9 Å². The minimum atomic E-state index is -0.276. The van der Waals surface area contributed by atoms with Gasteiger partial charge in [0.15, 0.2) is 5.13 Å². The monoisotopic (exact) mass is 431 g/mol. The Morgan fingerprint density at radius 1 is 1.19 bits per heavy atom. The summed E-state index contributed by atoms with van der Waals surface area (Å²) in [6, 6.07) is 22.3. The normalized spacial score (nSPS) is 15.6. The number of para-hydroxylation sites is 1. The Balaban J connectivity index is 1.41. The first kappa shape index (κ1) is 21.0. The fourth-order valence-corrected chi connectivity index (χ4v) is 4.64. The van der Waals surface area contributed by atoms with Crippen LogP contribution < -0.4 is 10.2 Å². The lowest BCUT2D eigenvalue weighted by molar-refractivity contribution is -0.130. The number of carbonyl (C=O) groups excluding carboxylic acids is 1. The highest BCUT2D eigenvalue weighted by Crippen LogP contribution is 2.31. The second kappa shape index (κ2) is 10.2. The number of hydrogen-bond donors (Lipinski definition) is 1. The summed E-state index contributed by atoms with van der Waals surface area (Å²) in [4.78, 5) is 21.2. The highest BCUT2D eigenvalue weighted by molar-refractivity contribution is 7.14. The van der Waals surface area contributed by atoms with Crippen molar-refractivity contribution in [3.05, 3.63) is 66.0 Å². The summed E-state index contributed by atoms with van der Waals surface area (Å²) in [7, 11) is 0. The van der Waals surface area contributed by atoms with E-state index in [1.807, 2.05) is 36.4 Å². The van der Waals surface area contributed by atoms with Gasteiger partial charge in [-0.25, -0.2) is 4.98 Å². The molecule has 1 N–H and O–H groups in total. The number of nitrogens with one attached hydrogen (secondary N) is 1. The maximum absolute atomic E-state index is 12.4. The van der Waals surface area contributed by atoms with Crippen LogP contribution in [0.3, 0.4) is 0 Å². The number of hydrogen-bond acceptors (Lipinski definition) is 6. The van der Waals surface area contributed by atoms with Crippen molar-refractivity contribution in [1.82, 2.24) is 15.2 Å². The molecule has 1 aliphatic heterocycles. The average molecular weight is 432 g/mol. The van der Waals surface area contributed by atoms with E-state index in [1.165, 1.54) is 0 Å². The van der Waals surface area contributed by atoms with Crippen molar-refractivity contribution in [1.29, 1.82) is 5.26 Å². The summed E-state index contributed by atoms with van der Waals surface area (Å²) in [5, 5.41) is 15.4. The van der Waals surface area contributed by atoms with E-state index in [4.69, 9.17) is 4.98 Å². The van der Waals surface area contributed by atoms with Gasteiger partial charge in [0, 0.05) is 36.3 Å². The van der Waals surface area contributed by atoms with Gasteiger partial charge in [0.1, 0.15) is 6.04 Å². The van der Waals surface area contributed by atoms with Crippen molar-refractivity contribution < 1.29 is 4.79 Å². The molecule has 1 amide bonds. The molecule has 2 aromatic carbocycles. The van der Waals surface area contributed by atoms with Gasteiger partial charge in [-0.2, -0.15) is 5.26 Å². The van der Waals surface area contributed by atoms with E-state index in [1.54, 1.807) is 16.2 Å². The van der Waals surface area contributed by atoms with E-state index in [2.05, 4.69) is 45.9 Å². The molecule has 0 unspecified atom stereocenters. The Morgan fingerprint density at radius 2 is 1.94 bits per heavy atom. The van der Waals surface area contributed by atoms with Gasteiger partial charge in [0.05, 0.1) is 18.3 Å². The smallest absolute Gasteiger partial charge is 0.237 e. The van der Waals surface area contributed by atoms with E-state index < -0.39 is 0 Å². The topological polar surface area (TPSA) is 72.3 Å². The van der Waals surface area contributed by atoms with Gasteiger partial charge in [-0.05, 0) is 25.0 Å². The molecule has 1 aromatic heterocycles. The average Bonchev–Trinajstić information content (AvgIpc) is 3.50. The van der Waals surface area contributed by atoms with Gasteiger partial charge in [0.25, 0.3) is 0 Å². The third kappa shape index (κ3) is 5.10. The first-order valence-corrected chi connectivity index (χ1v) is 11.4. The molecule has 1 saturated heterocycles. The molecule has 0 bridgehead atoms. The lowest BCUT2D eigenvalue weighted by atomic mass is 10.2. The third-order valence-corrected chi connectivity index (χ3v) is 6.23. The van der Waals surface area contributed by atoms with E-state index in [0.29, 0.717) is 19.6 Å². The quantitative estimate of drug-likeness (QED) is 0.545.